The molecule has 2 nitrogen and oxygen atoms in total. The zero-order chi connectivity index (χ0) is 13.2. The van der Waals surface area contributed by atoms with Gasteiger partial charge in [-0.15, -0.1) is 0 Å². The van der Waals surface area contributed by atoms with Crippen molar-refractivity contribution in [3.05, 3.63) is 0 Å². The molecule has 0 aromatic heterocycles. The number of alkyl halides is 3. The number of hydrogen-bond acceptors (Lipinski definition) is 2. The molecule has 3 N–H and O–H groups in total. The number of hydrazine groups is 1. The zero-order valence-corrected chi connectivity index (χ0v) is 10.7. The van der Waals surface area contributed by atoms with E-state index in [1.807, 2.05) is 0 Å². The molecule has 0 aliphatic heterocycles. The monoisotopic (exact) mass is 264 g/mol. The summed E-state index contributed by atoms with van der Waals surface area (Å²) in [6.45, 7) is 0. The van der Waals surface area contributed by atoms with Crippen LogP contribution in [-0.2, 0) is 0 Å². The zero-order valence-electron chi connectivity index (χ0n) is 10.7. The van der Waals surface area contributed by atoms with E-state index in [-0.39, 0.29) is 18.4 Å². The average Bonchev–Trinajstić information content (AvgIpc) is 2.83. The number of halogens is 3. The molecule has 0 saturated heterocycles. The lowest BCUT2D eigenvalue weighted by Gasteiger charge is -2.40. The maximum atomic E-state index is 13.1. The molecule has 0 amide bonds. The molecule has 2 saturated carbocycles. The van der Waals surface area contributed by atoms with E-state index < -0.39 is 12.1 Å². The van der Waals surface area contributed by atoms with Crippen LogP contribution < -0.4 is 11.3 Å². The standard InChI is InChI=1S/C13H23F3N2/c14-13(15,16)11-8-4-3-7-10(11)12(18-17)9-5-1-2-6-9/h9-12,18H,1-8,17H2. The van der Waals surface area contributed by atoms with Gasteiger partial charge in [0.15, 0.2) is 0 Å². The Kier molecular flexibility index (Phi) is 4.54. The van der Waals surface area contributed by atoms with Crippen LogP contribution in [0.3, 0.4) is 0 Å². The first-order valence-electron chi connectivity index (χ1n) is 7.07. The molecule has 3 unspecified atom stereocenters. The second-order valence-electron chi connectivity index (χ2n) is 5.83. The quantitative estimate of drug-likeness (QED) is 0.606. The molecule has 2 aliphatic rings. The number of rotatable bonds is 3. The molecular weight excluding hydrogens is 241 g/mol. The van der Waals surface area contributed by atoms with Crippen molar-refractivity contribution in [2.45, 2.75) is 63.6 Å². The van der Waals surface area contributed by atoms with Crippen LogP contribution in [0.15, 0.2) is 0 Å². The fourth-order valence-electron chi connectivity index (χ4n) is 3.92. The third kappa shape index (κ3) is 2.99. The van der Waals surface area contributed by atoms with Gasteiger partial charge >= 0.3 is 6.18 Å². The first-order valence-corrected chi connectivity index (χ1v) is 7.07. The molecular formula is C13H23F3N2. The second kappa shape index (κ2) is 5.78. The molecule has 0 bridgehead atoms. The van der Waals surface area contributed by atoms with E-state index in [1.54, 1.807) is 0 Å². The van der Waals surface area contributed by atoms with Crippen molar-refractivity contribution in [1.29, 1.82) is 0 Å². The summed E-state index contributed by atoms with van der Waals surface area (Å²) in [5.74, 6) is 4.42. The Morgan fingerprint density at radius 2 is 1.50 bits per heavy atom. The highest BCUT2D eigenvalue weighted by Gasteiger charge is 2.49. The molecule has 0 aromatic carbocycles. The molecule has 5 heteroatoms. The topological polar surface area (TPSA) is 38.0 Å². The molecule has 0 heterocycles. The van der Waals surface area contributed by atoms with Gasteiger partial charge in [-0.3, -0.25) is 11.3 Å². The summed E-state index contributed by atoms with van der Waals surface area (Å²) in [5.41, 5.74) is 2.72. The van der Waals surface area contributed by atoms with Gasteiger partial charge in [-0.05, 0) is 37.5 Å². The van der Waals surface area contributed by atoms with Crippen LogP contribution in [0.4, 0.5) is 13.2 Å². The lowest BCUT2D eigenvalue weighted by Crippen LogP contribution is -2.51. The number of nitrogens with two attached hydrogens (primary N) is 1. The fraction of sp³-hybridized carbons (Fsp3) is 1.00. The van der Waals surface area contributed by atoms with Crippen LogP contribution in [0.2, 0.25) is 0 Å². The summed E-state index contributed by atoms with van der Waals surface area (Å²) in [7, 11) is 0. The van der Waals surface area contributed by atoms with Crippen molar-refractivity contribution in [2.24, 2.45) is 23.6 Å². The summed E-state index contributed by atoms with van der Waals surface area (Å²) in [4.78, 5) is 0. The smallest absolute Gasteiger partial charge is 0.271 e. The Labute approximate surface area is 106 Å². The predicted molar refractivity (Wildman–Crippen MR) is 64.6 cm³/mol. The van der Waals surface area contributed by atoms with Gasteiger partial charge in [-0.1, -0.05) is 25.7 Å². The first kappa shape index (κ1) is 14.1. The normalized spacial score (nSPS) is 32.7. The molecule has 106 valence electrons. The SMILES string of the molecule is NNC(C1CCCC1)C1CCCCC1C(F)(F)F. The Hall–Kier alpha value is -0.290. The van der Waals surface area contributed by atoms with Gasteiger partial charge in [0.1, 0.15) is 0 Å². The molecule has 3 atom stereocenters. The van der Waals surface area contributed by atoms with Crippen molar-refractivity contribution in [2.75, 3.05) is 0 Å². The maximum Gasteiger partial charge on any atom is 0.392 e. The van der Waals surface area contributed by atoms with Gasteiger partial charge < -0.3 is 0 Å². The van der Waals surface area contributed by atoms with Crippen molar-refractivity contribution < 1.29 is 13.2 Å². The van der Waals surface area contributed by atoms with Crippen molar-refractivity contribution in [3.63, 3.8) is 0 Å². The van der Waals surface area contributed by atoms with Gasteiger partial charge in [0, 0.05) is 6.04 Å². The van der Waals surface area contributed by atoms with Crippen LogP contribution in [0.1, 0.15) is 51.4 Å². The van der Waals surface area contributed by atoms with E-state index in [0.29, 0.717) is 18.8 Å². The molecule has 0 aromatic rings. The summed E-state index contributed by atoms with van der Waals surface area (Å²) >= 11 is 0. The van der Waals surface area contributed by atoms with E-state index in [4.69, 9.17) is 5.84 Å². The van der Waals surface area contributed by atoms with Gasteiger partial charge in [-0.2, -0.15) is 13.2 Å². The van der Waals surface area contributed by atoms with Crippen molar-refractivity contribution >= 4 is 0 Å². The highest BCUT2D eigenvalue weighted by Crippen LogP contribution is 2.45. The number of nitrogens with one attached hydrogen (secondary N) is 1. The maximum absolute atomic E-state index is 13.1. The molecule has 2 aliphatic carbocycles. The van der Waals surface area contributed by atoms with Gasteiger partial charge in [0.25, 0.3) is 0 Å². The second-order valence-corrected chi connectivity index (χ2v) is 5.83. The Bertz CT molecular complexity index is 261. The molecule has 0 radical (unpaired) electrons. The van der Waals surface area contributed by atoms with E-state index >= 15 is 0 Å². The lowest BCUT2D eigenvalue weighted by atomic mass is 9.71. The van der Waals surface area contributed by atoms with E-state index in [9.17, 15) is 13.2 Å². The third-order valence-corrected chi connectivity index (χ3v) is 4.80. The number of hydrogen-bond donors (Lipinski definition) is 2. The van der Waals surface area contributed by atoms with Crippen LogP contribution in [-0.4, -0.2) is 12.2 Å². The Morgan fingerprint density at radius 3 is 2.06 bits per heavy atom. The van der Waals surface area contributed by atoms with Crippen molar-refractivity contribution in [1.82, 2.24) is 5.43 Å². The summed E-state index contributed by atoms with van der Waals surface area (Å²) in [6.07, 6.45) is 2.78. The Balaban J connectivity index is 2.10. The molecule has 0 spiro atoms. The van der Waals surface area contributed by atoms with Crippen molar-refractivity contribution in [3.8, 4) is 0 Å². The van der Waals surface area contributed by atoms with Crippen LogP contribution in [0, 0.1) is 17.8 Å². The van der Waals surface area contributed by atoms with Crippen LogP contribution >= 0.6 is 0 Å². The summed E-state index contributed by atoms with van der Waals surface area (Å²) in [5, 5.41) is 0. The van der Waals surface area contributed by atoms with Crippen LogP contribution in [0.25, 0.3) is 0 Å². The minimum absolute atomic E-state index is 0.153. The highest BCUT2D eigenvalue weighted by molar-refractivity contribution is 4.92. The van der Waals surface area contributed by atoms with Gasteiger partial charge in [0.05, 0.1) is 5.92 Å². The predicted octanol–water partition coefficient (Wildman–Crippen LogP) is 3.38. The molecule has 18 heavy (non-hydrogen) atoms. The average molecular weight is 264 g/mol. The Morgan fingerprint density at radius 1 is 0.944 bits per heavy atom. The van der Waals surface area contributed by atoms with E-state index in [1.165, 1.54) is 0 Å². The molecule has 2 fully saturated rings. The summed E-state index contributed by atoms with van der Waals surface area (Å²) in [6, 6.07) is -0.153. The highest BCUT2D eigenvalue weighted by atomic mass is 19.4. The lowest BCUT2D eigenvalue weighted by molar-refractivity contribution is -0.200. The van der Waals surface area contributed by atoms with Gasteiger partial charge in [0.2, 0.25) is 0 Å². The van der Waals surface area contributed by atoms with E-state index in [2.05, 4.69) is 5.43 Å². The minimum Gasteiger partial charge on any atom is -0.271 e. The third-order valence-electron chi connectivity index (χ3n) is 4.80. The van der Waals surface area contributed by atoms with E-state index in [0.717, 1.165) is 32.1 Å². The fourth-order valence-corrected chi connectivity index (χ4v) is 3.92. The summed E-state index contributed by atoms with van der Waals surface area (Å²) < 4.78 is 39.3. The molecule has 2 rings (SSSR count). The largest absolute Gasteiger partial charge is 0.392 e. The van der Waals surface area contributed by atoms with Crippen LogP contribution in [0.5, 0.6) is 0 Å². The first-order chi connectivity index (χ1) is 8.54. The van der Waals surface area contributed by atoms with Gasteiger partial charge in [-0.25, -0.2) is 0 Å². The minimum atomic E-state index is -4.07.